The largest absolute Gasteiger partial charge is 0.447 e. The van der Waals surface area contributed by atoms with Crippen LogP contribution < -0.4 is 4.74 Å². The third kappa shape index (κ3) is 2.70. The molecule has 0 fully saturated rings. The molecular weight excluding hydrogens is 270 g/mol. The van der Waals surface area contributed by atoms with E-state index >= 15 is 0 Å². The van der Waals surface area contributed by atoms with Crippen molar-refractivity contribution in [1.82, 2.24) is 0 Å². The summed E-state index contributed by atoms with van der Waals surface area (Å²) < 4.78 is 31.2. The smallest absolute Gasteiger partial charge is 0.312 e. The first-order chi connectivity index (χ1) is 9.51. The molecular formula is C13H6F2N2O3. The summed E-state index contributed by atoms with van der Waals surface area (Å²) in [5, 5.41) is 19.6. The molecule has 2 aromatic carbocycles. The Labute approximate surface area is 111 Å². The van der Waals surface area contributed by atoms with E-state index in [0.29, 0.717) is 6.07 Å². The lowest BCUT2D eigenvalue weighted by Crippen LogP contribution is -1.96. The number of nitro benzene ring substituents is 1. The van der Waals surface area contributed by atoms with Crippen LogP contribution in [0.2, 0.25) is 0 Å². The van der Waals surface area contributed by atoms with E-state index in [4.69, 9.17) is 10.00 Å². The maximum Gasteiger partial charge on any atom is 0.312 e. The Hall–Kier alpha value is -3.01. The summed E-state index contributed by atoms with van der Waals surface area (Å²) in [5.74, 6) is -2.36. The Bertz CT molecular complexity index is 726. The quantitative estimate of drug-likeness (QED) is 0.634. The second kappa shape index (κ2) is 5.32. The van der Waals surface area contributed by atoms with Crippen LogP contribution in [-0.4, -0.2) is 4.92 Å². The first-order valence-electron chi connectivity index (χ1n) is 5.32. The van der Waals surface area contributed by atoms with Gasteiger partial charge in [0, 0.05) is 12.1 Å². The lowest BCUT2D eigenvalue weighted by Gasteiger charge is -2.07. The number of halogens is 2. The van der Waals surface area contributed by atoms with E-state index < -0.39 is 22.2 Å². The van der Waals surface area contributed by atoms with Gasteiger partial charge in [-0.3, -0.25) is 10.1 Å². The van der Waals surface area contributed by atoms with E-state index in [-0.39, 0.29) is 17.1 Å². The molecule has 100 valence electrons. The van der Waals surface area contributed by atoms with Gasteiger partial charge in [-0.2, -0.15) is 5.26 Å². The molecule has 2 rings (SSSR count). The fraction of sp³-hybridized carbons (Fsp3) is 0. The summed E-state index contributed by atoms with van der Waals surface area (Å²) >= 11 is 0. The SMILES string of the molecule is N#Cc1ccc(Oc2ccc(F)cc2F)c([N+](=O)[O-])c1. The Morgan fingerprint density at radius 3 is 2.45 bits per heavy atom. The minimum Gasteiger partial charge on any atom is -0.447 e. The van der Waals surface area contributed by atoms with Gasteiger partial charge in [-0.25, -0.2) is 8.78 Å². The molecule has 0 N–H and O–H groups in total. The van der Waals surface area contributed by atoms with Gasteiger partial charge in [0.15, 0.2) is 11.6 Å². The second-order valence-electron chi connectivity index (χ2n) is 3.73. The molecule has 0 radical (unpaired) electrons. The molecule has 0 aliphatic heterocycles. The average Bonchev–Trinajstić information content (AvgIpc) is 2.42. The van der Waals surface area contributed by atoms with Crippen molar-refractivity contribution in [2.24, 2.45) is 0 Å². The number of rotatable bonds is 3. The standard InChI is InChI=1S/C13H6F2N2O3/c14-9-2-4-12(10(15)6-9)20-13-3-1-8(7-16)5-11(13)17(18)19/h1-6H. The van der Waals surface area contributed by atoms with Gasteiger partial charge in [-0.05, 0) is 24.3 Å². The molecule has 0 unspecified atom stereocenters. The van der Waals surface area contributed by atoms with Crippen molar-refractivity contribution in [3.8, 4) is 17.6 Å². The Balaban J connectivity index is 2.43. The van der Waals surface area contributed by atoms with Gasteiger partial charge < -0.3 is 4.74 Å². The van der Waals surface area contributed by atoms with E-state index in [1.165, 1.54) is 12.1 Å². The molecule has 0 aliphatic carbocycles. The van der Waals surface area contributed by atoms with Gasteiger partial charge in [0.25, 0.3) is 0 Å². The minimum atomic E-state index is -0.983. The molecule has 0 aliphatic rings. The summed E-state index contributed by atoms with van der Waals surface area (Å²) in [7, 11) is 0. The molecule has 0 atom stereocenters. The van der Waals surface area contributed by atoms with Crippen LogP contribution >= 0.6 is 0 Å². The Morgan fingerprint density at radius 2 is 1.85 bits per heavy atom. The van der Waals surface area contributed by atoms with E-state index in [2.05, 4.69) is 0 Å². The summed E-state index contributed by atoms with van der Waals surface area (Å²) in [5.41, 5.74) is -0.406. The zero-order valence-corrected chi connectivity index (χ0v) is 9.84. The van der Waals surface area contributed by atoms with E-state index in [9.17, 15) is 18.9 Å². The normalized spacial score (nSPS) is 9.85. The average molecular weight is 276 g/mol. The van der Waals surface area contributed by atoms with Crippen LogP contribution in [0.1, 0.15) is 5.56 Å². The van der Waals surface area contributed by atoms with Crippen LogP contribution in [0.25, 0.3) is 0 Å². The lowest BCUT2D eigenvalue weighted by molar-refractivity contribution is -0.385. The summed E-state index contributed by atoms with van der Waals surface area (Å²) in [6, 6.07) is 7.82. The molecule has 0 amide bonds. The lowest BCUT2D eigenvalue weighted by atomic mass is 10.2. The molecule has 7 heteroatoms. The third-order valence-electron chi connectivity index (χ3n) is 2.40. The molecule has 0 heterocycles. The second-order valence-corrected chi connectivity index (χ2v) is 3.73. The van der Waals surface area contributed by atoms with Crippen LogP contribution in [0.5, 0.6) is 11.5 Å². The predicted octanol–water partition coefficient (Wildman–Crippen LogP) is 3.54. The Morgan fingerprint density at radius 1 is 1.15 bits per heavy atom. The number of nitrogens with zero attached hydrogens (tertiary/aromatic N) is 2. The molecule has 0 aromatic heterocycles. The third-order valence-corrected chi connectivity index (χ3v) is 2.40. The van der Waals surface area contributed by atoms with E-state index in [1.54, 1.807) is 6.07 Å². The monoisotopic (exact) mass is 276 g/mol. The molecule has 0 saturated carbocycles. The minimum absolute atomic E-state index is 0.0728. The fourth-order valence-corrected chi connectivity index (χ4v) is 1.49. The number of hydrogen-bond acceptors (Lipinski definition) is 4. The van der Waals surface area contributed by atoms with E-state index in [1.807, 2.05) is 0 Å². The highest BCUT2D eigenvalue weighted by molar-refractivity contribution is 5.53. The van der Waals surface area contributed by atoms with Gasteiger partial charge >= 0.3 is 5.69 Å². The van der Waals surface area contributed by atoms with Crippen molar-refractivity contribution < 1.29 is 18.4 Å². The van der Waals surface area contributed by atoms with Gasteiger partial charge in [0.2, 0.25) is 5.75 Å². The highest BCUT2D eigenvalue weighted by Crippen LogP contribution is 2.33. The van der Waals surface area contributed by atoms with Crippen molar-refractivity contribution in [3.05, 3.63) is 63.7 Å². The van der Waals surface area contributed by atoms with Crippen molar-refractivity contribution >= 4 is 5.69 Å². The maximum atomic E-state index is 13.4. The zero-order valence-electron chi connectivity index (χ0n) is 9.84. The van der Waals surface area contributed by atoms with Gasteiger partial charge in [-0.1, -0.05) is 0 Å². The first kappa shape index (κ1) is 13.4. The number of benzene rings is 2. The van der Waals surface area contributed by atoms with Crippen LogP contribution in [0, 0.1) is 33.1 Å². The summed E-state index contributed by atoms with van der Waals surface area (Å²) in [6.45, 7) is 0. The van der Waals surface area contributed by atoms with Crippen molar-refractivity contribution in [2.45, 2.75) is 0 Å². The topological polar surface area (TPSA) is 76.2 Å². The van der Waals surface area contributed by atoms with Crippen molar-refractivity contribution in [1.29, 1.82) is 5.26 Å². The number of hydrogen-bond donors (Lipinski definition) is 0. The fourth-order valence-electron chi connectivity index (χ4n) is 1.49. The van der Waals surface area contributed by atoms with E-state index in [0.717, 1.165) is 18.2 Å². The molecule has 0 spiro atoms. The number of ether oxygens (including phenoxy) is 1. The maximum absolute atomic E-state index is 13.4. The molecule has 0 bridgehead atoms. The molecule has 5 nitrogen and oxygen atoms in total. The highest BCUT2D eigenvalue weighted by atomic mass is 19.1. The molecule has 0 saturated heterocycles. The van der Waals surface area contributed by atoms with Crippen LogP contribution in [0.15, 0.2) is 36.4 Å². The van der Waals surface area contributed by atoms with Crippen molar-refractivity contribution in [3.63, 3.8) is 0 Å². The van der Waals surface area contributed by atoms with Gasteiger partial charge in [0.1, 0.15) is 5.82 Å². The van der Waals surface area contributed by atoms with Gasteiger partial charge in [-0.15, -0.1) is 0 Å². The molecule has 2 aromatic rings. The first-order valence-corrected chi connectivity index (χ1v) is 5.32. The molecule has 20 heavy (non-hydrogen) atoms. The van der Waals surface area contributed by atoms with Crippen LogP contribution in [-0.2, 0) is 0 Å². The van der Waals surface area contributed by atoms with Crippen molar-refractivity contribution in [2.75, 3.05) is 0 Å². The van der Waals surface area contributed by atoms with Gasteiger partial charge in [0.05, 0.1) is 16.6 Å². The Kier molecular flexibility index (Phi) is 3.57. The number of nitriles is 1. The highest BCUT2D eigenvalue weighted by Gasteiger charge is 2.18. The number of nitro groups is 1. The van der Waals surface area contributed by atoms with Crippen LogP contribution in [0.3, 0.4) is 0 Å². The predicted molar refractivity (Wildman–Crippen MR) is 64.2 cm³/mol. The summed E-state index contributed by atoms with van der Waals surface area (Å²) in [4.78, 5) is 10.1. The summed E-state index contributed by atoms with van der Waals surface area (Å²) in [6.07, 6.45) is 0. The zero-order chi connectivity index (χ0) is 14.7. The van der Waals surface area contributed by atoms with Crippen LogP contribution in [0.4, 0.5) is 14.5 Å².